The molecule has 0 N–H and O–H groups in total. The molecule has 0 bridgehead atoms. The standard InChI is InChI=1S/C19H30N2O3/c1-2-3-8-16-15-9-4-5-10-17(15)20-21(19(16)22)12-14-24-18-11-6-7-13-23-18/h2,15-16,18H,1,3-14H2. The Morgan fingerprint density at radius 3 is 2.96 bits per heavy atom. The highest BCUT2D eigenvalue weighted by Gasteiger charge is 2.39. The third-order valence-corrected chi connectivity index (χ3v) is 5.36. The van der Waals surface area contributed by atoms with Gasteiger partial charge in [0.1, 0.15) is 0 Å². The predicted molar refractivity (Wildman–Crippen MR) is 93.6 cm³/mol. The van der Waals surface area contributed by atoms with Crippen molar-refractivity contribution in [3.05, 3.63) is 12.7 Å². The summed E-state index contributed by atoms with van der Waals surface area (Å²) in [5.41, 5.74) is 1.23. The number of carbonyl (C=O) groups is 1. The third kappa shape index (κ3) is 4.25. The summed E-state index contributed by atoms with van der Waals surface area (Å²) in [5, 5.41) is 6.34. The Bertz CT molecular complexity index is 471. The van der Waals surface area contributed by atoms with Crippen molar-refractivity contribution in [2.75, 3.05) is 19.8 Å². The van der Waals surface area contributed by atoms with Crippen LogP contribution in [0.2, 0.25) is 0 Å². The average Bonchev–Trinajstić information content (AvgIpc) is 2.62. The van der Waals surface area contributed by atoms with Crippen molar-refractivity contribution >= 4 is 11.6 Å². The van der Waals surface area contributed by atoms with Gasteiger partial charge in [-0.15, -0.1) is 6.58 Å². The largest absolute Gasteiger partial charge is 0.353 e. The molecule has 5 nitrogen and oxygen atoms in total. The molecule has 3 atom stereocenters. The molecule has 134 valence electrons. The number of allylic oxidation sites excluding steroid dienone is 1. The molecule has 2 heterocycles. The minimum atomic E-state index is -0.106. The molecule has 2 fully saturated rings. The molecule has 0 radical (unpaired) electrons. The van der Waals surface area contributed by atoms with Crippen LogP contribution < -0.4 is 0 Å². The van der Waals surface area contributed by atoms with E-state index in [1.165, 1.54) is 18.6 Å². The number of hydrogen-bond donors (Lipinski definition) is 0. The Morgan fingerprint density at radius 1 is 1.29 bits per heavy atom. The normalized spacial score (nSPS) is 30.7. The van der Waals surface area contributed by atoms with Crippen LogP contribution in [0.3, 0.4) is 0 Å². The first kappa shape index (κ1) is 17.6. The van der Waals surface area contributed by atoms with Gasteiger partial charge in [-0.3, -0.25) is 4.79 Å². The van der Waals surface area contributed by atoms with Crippen molar-refractivity contribution in [1.82, 2.24) is 5.01 Å². The summed E-state index contributed by atoms with van der Waals surface area (Å²) in [4.78, 5) is 12.9. The van der Waals surface area contributed by atoms with Gasteiger partial charge in [0.05, 0.1) is 13.2 Å². The van der Waals surface area contributed by atoms with Crippen LogP contribution in [-0.4, -0.2) is 42.7 Å². The van der Waals surface area contributed by atoms with Crippen LogP contribution >= 0.6 is 0 Å². The van der Waals surface area contributed by atoms with Crippen molar-refractivity contribution in [2.45, 2.75) is 64.1 Å². The minimum absolute atomic E-state index is 0.0710. The zero-order valence-electron chi connectivity index (χ0n) is 14.6. The summed E-state index contributed by atoms with van der Waals surface area (Å²) >= 11 is 0. The zero-order chi connectivity index (χ0) is 16.8. The maximum absolute atomic E-state index is 12.9. The SMILES string of the molecule is C=CCCC1C(=O)N(CCOC2CCCCO2)N=C2CCCCC21. The second-order valence-corrected chi connectivity index (χ2v) is 7.04. The molecule has 3 rings (SSSR count). The van der Waals surface area contributed by atoms with E-state index < -0.39 is 0 Å². The van der Waals surface area contributed by atoms with Crippen LogP contribution in [0, 0.1) is 11.8 Å². The molecule has 0 aromatic rings. The Morgan fingerprint density at radius 2 is 2.17 bits per heavy atom. The number of amides is 1. The number of nitrogens with zero attached hydrogens (tertiary/aromatic N) is 2. The van der Waals surface area contributed by atoms with Gasteiger partial charge in [-0.1, -0.05) is 12.5 Å². The van der Waals surface area contributed by atoms with E-state index in [9.17, 15) is 4.79 Å². The number of hydrogen-bond acceptors (Lipinski definition) is 4. The molecule has 3 aliphatic rings. The molecule has 1 saturated carbocycles. The molecule has 24 heavy (non-hydrogen) atoms. The van der Waals surface area contributed by atoms with Gasteiger partial charge in [0, 0.05) is 24.2 Å². The Kier molecular flexibility index (Phi) is 6.44. The number of hydrazone groups is 1. The smallest absolute Gasteiger partial charge is 0.246 e. The zero-order valence-corrected chi connectivity index (χ0v) is 14.6. The topological polar surface area (TPSA) is 51.1 Å². The van der Waals surface area contributed by atoms with Crippen molar-refractivity contribution in [3.8, 4) is 0 Å². The van der Waals surface area contributed by atoms with Crippen LogP contribution in [-0.2, 0) is 14.3 Å². The highest BCUT2D eigenvalue weighted by Crippen LogP contribution is 2.35. The summed E-state index contributed by atoms with van der Waals surface area (Å²) in [5.74, 6) is 0.590. The minimum Gasteiger partial charge on any atom is -0.353 e. The summed E-state index contributed by atoms with van der Waals surface area (Å²) in [7, 11) is 0. The molecule has 3 unspecified atom stereocenters. The second kappa shape index (κ2) is 8.77. The molecule has 5 heteroatoms. The van der Waals surface area contributed by atoms with Gasteiger partial charge in [0.15, 0.2) is 6.29 Å². The summed E-state index contributed by atoms with van der Waals surface area (Å²) in [6, 6.07) is 0. The predicted octanol–water partition coefficient (Wildman–Crippen LogP) is 3.50. The fourth-order valence-electron chi connectivity index (χ4n) is 4.04. The number of rotatable bonds is 7. The van der Waals surface area contributed by atoms with Crippen molar-refractivity contribution < 1.29 is 14.3 Å². The first-order valence-corrected chi connectivity index (χ1v) is 9.52. The summed E-state index contributed by atoms with van der Waals surface area (Å²) in [6.07, 6.45) is 11.3. The molecular formula is C19H30N2O3. The van der Waals surface area contributed by atoms with Gasteiger partial charge in [-0.05, 0) is 51.4 Å². The highest BCUT2D eigenvalue weighted by atomic mass is 16.7. The van der Waals surface area contributed by atoms with Gasteiger partial charge >= 0.3 is 0 Å². The lowest BCUT2D eigenvalue weighted by molar-refractivity contribution is -0.167. The molecule has 1 amide bonds. The van der Waals surface area contributed by atoms with Crippen LogP contribution in [0.25, 0.3) is 0 Å². The van der Waals surface area contributed by atoms with E-state index in [1.807, 2.05) is 6.08 Å². The number of carbonyl (C=O) groups excluding carboxylic acids is 1. The molecule has 1 aliphatic carbocycles. The van der Waals surface area contributed by atoms with Gasteiger partial charge in [0.25, 0.3) is 0 Å². The molecule has 1 saturated heterocycles. The van der Waals surface area contributed by atoms with E-state index in [2.05, 4.69) is 11.7 Å². The molecule has 0 spiro atoms. The maximum Gasteiger partial charge on any atom is 0.246 e. The summed E-state index contributed by atoms with van der Waals surface area (Å²) in [6.45, 7) is 5.60. The number of ether oxygens (including phenoxy) is 2. The molecule has 2 aliphatic heterocycles. The average molecular weight is 334 g/mol. The lowest BCUT2D eigenvalue weighted by Crippen LogP contribution is -2.46. The first-order chi connectivity index (χ1) is 11.8. The lowest BCUT2D eigenvalue weighted by Gasteiger charge is -2.38. The van der Waals surface area contributed by atoms with Crippen molar-refractivity contribution in [2.24, 2.45) is 16.9 Å². The molecular weight excluding hydrogens is 304 g/mol. The lowest BCUT2D eigenvalue weighted by atomic mass is 9.75. The molecule has 0 aromatic heterocycles. The van der Waals surface area contributed by atoms with E-state index in [0.717, 1.165) is 51.6 Å². The fourth-order valence-corrected chi connectivity index (χ4v) is 4.04. The number of fused-ring (bicyclic) bond motifs is 1. The van der Waals surface area contributed by atoms with Gasteiger partial charge in [0.2, 0.25) is 5.91 Å². The van der Waals surface area contributed by atoms with E-state index in [4.69, 9.17) is 9.47 Å². The van der Waals surface area contributed by atoms with Gasteiger partial charge in [-0.2, -0.15) is 5.10 Å². The molecule has 0 aromatic carbocycles. The summed E-state index contributed by atoms with van der Waals surface area (Å²) < 4.78 is 11.4. The van der Waals surface area contributed by atoms with Crippen LogP contribution in [0.15, 0.2) is 17.8 Å². The van der Waals surface area contributed by atoms with Gasteiger partial charge < -0.3 is 9.47 Å². The van der Waals surface area contributed by atoms with E-state index in [1.54, 1.807) is 5.01 Å². The van der Waals surface area contributed by atoms with Crippen LogP contribution in [0.1, 0.15) is 57.8 Å². The maximum atomic E-state index is 12.9. The first-order valence-electron chi connectivity index (χ1n) is 9.52. The van der Waals surface area contributed by atoms with E-state index in [0.29, 0.717) is 19.1 Å². The van der Waals surface area contributed by atoms with Crippen LogP contribution in [0.5, 0.6) is 0 Å². The Hall–Kier alpha value is -1.20. The Labute approximate surface area is 145 Å². The van der Waals surface area contributed by atoms with E-state index >= 15 is 0 Å². The van der Waals surface area contributed by atoms with Crippen molar-refractivity contribution in [1.29, 1.82) is 0 Å². The highest BCUT2D eigenvalue weighted by molar-refractivity contribution is 5.96. The quantitative estimate of drug-likeness (QED) is 0.670. The van der Waals surface area contributed by atoms with Crippen LogP contribution in [0.4, 0.5) is 0 Å². The third-order valence-electron chi connectivity index (χ3n) is 5.36. The monoisotopic (exact) mass is 334 g/mol. The van der Waals surface area contributed by atoms with Gasteiger partial charge in [-0.25, -0.2) is 5.01 Å². The second-order valence-electron chi connectivity index (χ2n) is 7.04. The fraction of sp³-hybridized carbons (Fsp3) is 0.789. The Balaban J connectivity index is 1.58. The van der Waals surface area contributed by atoms with Crippen molar-refractivity contribution in [3.63, 3.8) is 0 Å². The van der Waals surface area contributed by atoms with E-state index in [-0.39, 0.29) is 18.1 Å².